The SMILES string of the molecule is CCOC(=O)[C@@H](N)Cc1ccc(F)c(O)c1O. The van der Waals surface area contributed by atoms with E-state index in [1.54, 1.807) is 6.92 Å². The van der Waals surface area contributed by atoms with Crippen LogP contribution < -0.4 is 5.73 Å². The maximum absolute atomic E-state index is 12.8. The van der Waals surface area contributed by atoms with Crippen LogP contribution in [0.1, 0.15) is 12.5 Å². The van der Waals surface area contributed by atoms with Crippen molar-refractivity contribution in [2.24, 2.45) is 5.73 Å². The van der Waals surface area contributed by atoms with Crippen molar-refractivity contribution in [3.8, 4) is 11.5 Å². The first kappa shape index (κ1) is 13.2. The highest BCUT2D eigenvalue weighted by molar-refractivity contribution is 5.76. The van der Waals surface area contributed by atoms with Crippen molar-refractivity contribution in [1.29, 1.82) is 0 Å². The number of esters is 1. The van der Waals surface area contributed by atoms with Gasteiger partial charge in [-0.1, -0.05) is 6.07 Å². The van der Waals surface area contributed by atoms with Gasteiger partial charge in [0.25, 0.3) is 0 Å². The van der Waals surface area contributed by atoms with E-state index in [0.717, 1.165) is 6.07 Å². The molecule has 0 unspecified atom stereocenters. The lowest BCUT2D eigenvalue weighted by atomic mass is 10.0. The van der Waals surface area contributed by atoms with Gasteiger partial charge in [0, 0.05) is 12.0 Å². The minimum atomic E-state index is -0.967. The second kappa shape index (κ2) is 5.49. The smallest absolute Gasteiger partial charge is 0.323 e. The third-order valence-electron chi connectivity index (χ3n) is 2.21. The van der Waals surface area contributed by atoms with Crippen molar-refractivity contribution in [3.05, 3.63) is 23.5 Å². The largest absolute Gasteiger partial charge is 0.504 e. The average molecular weight is 243 g/mol. The van der Waals surface area contributed by atoms with E-state index in [4.69, 9.17) is 10.8 Å². The van der Waals surface area contributed by atoms with Crippen LogP contribution in [0.15, 0.2) is 12.1 Å². The Bertz CT molecular complexity index is 422. The Morgan fingerprint density at radius 1 is 1.47 bits per heavy atom. The Labute approximate surface area is 97.6 Å². The number of phenolic OH excluding ortho intramolecular Hbond substituents is 2. The van der Waals surface area contributed by atoms with Gasteiger partial charge in [-0.2, -0.15) is 0 Å². The Hall–Kier alpha value is -1.82. The quantitative estimate of drug-likeness (QED) is 0.534. The summed E-state index contributed by atoms with van der Waals surface area (Å²) in [6, 6.07) is 1.27. The molecule has 0 spiro atoms. The molecule has 1 rings (SSSR count). The van der Waals surface area contributed by atoms with E-state index < -0.39 is 29.3 Å². The highest BCUT2D eigenvalue weighted by Crippen LogP contribution is 2.31. The minimum absolute atomic E-state index is 0.0431. The molecule has 0 fully saturated rings. The standard InChI is InChI=1S/C11H14FNO4/c1-2-17-11(16)8(13)5-6-3-4-7(12)10(15)9(6)14/h3-4,8,14-15H,2,5,13H2,1H3/t8-/m0/s1. The lowest BCUT2D eigenvalue weighted by molar-refractivity contribution is -0.144. The molecule has 1 aromatic carbocycles. The Morgan fingerprint density at radius 3 is 2.71 bits per heavy atom. The summed E-state index contributed by atoms with van der Waals surface area (Å²) < 4.78 is 17.5. The average Bonchev–Trinajstić information content (AvgIpc) is 2.30. The lowest BCUT2D eigenvalue weighted by Crippen LogP contribution is -2.34. The van der Waals surface area contributed by atoms with Crippen LogP contribution in [-0.2, 0) is 16.0 Å². The third-order valence-corrected chi connectivity index (χ3v) is 2.21. The highest BCUT2D eigenvalue weighted by Gasteiger charge is 2.19. The molecule has 94 valence electrons. The molecule has 0 amide bonds. The number of carbonyl (C=O) groups excluding carboxylic acids is 1. The van der Waals surface area contributed by atoms with Gasteiger partial charge in [-0.25, -0.2) is 4.39 Å². The van der Waals surface area contributed by atoms with E-state index in [1.807, 2.05) is 0 Å². The molecule has 0 heterocycles. The normalized spacial score (nSPS) is 12.2. The number of nitrogens with two attached hydrogens (primary N) is 1. The van der Waals surface area contributed by atoms with E-state index in [9.17, 15) is 14.3 Å². The van der Waals surface area contributed by atoms with E-state index in [1.165, 1.54) is 6.07 Å². The molecule has 5 nitrogen and oxygen atoms in total. The van der Waals surface area contributed by atoms with Gasteiger partial charge < -0.3 is 20.7 Å². The van der Waals surface area contributed by atoms with Crippen molar-refractivity contribution >= 4 is 5.97 Å². The molecule has 0 aromatic heterocycles. The minimum Gasteiger partial charge on any atom is -0.504 e. The second-order valence-corrected chi connectivity index (χ2v) is 3.47. The third kappa shape index (κ3) is 3.07. The van der Waals surface area contributed by atoms with E-state index in [2.05, 4.69) is 4.74 Å². The molecular formula is C11H14FNO4. The summed E-state index contributed by atoms with van der Waals surface area (Å²) in [5.41, 5.74) is 5.72. The Morgan fingerprint density at radius 2 is 2.12 bits per heavy atom. The van der Waals surface area contributed by atoms with Gasteiger partial charge in [0.05, 0.1) is 6.61 Å². The summed E-state index contributed by atoms with van der Waals surface area (Å²) in [5, 5.41) is 18.6. The number of halogens is 1. The number of rotatable bonds is 4. The number of hydrogen-bond donors (Lipinski definition) is 3. The predicted molar refractivity (Wildman–Crippen MR) is 58.0 cm³/mol. The van der Waals surface area contributed by atoms with Crippen LogP contribution in [0.3, 0.4) is 0 Å². The number of ether oxygens (including phenoxy) is 1. The molecule has 1 aromatic rings. The van der Waals surface area contributed by atoms with E-state index in [0.29, 0.717) is 0 Å². The van der Waals surface area contributed by atoms with Crippen LogP contribution in [-0.4, -0.2) is 28.8 Å². The Kier molecular flexibility index (Phi) is 4.28. The van der Waals surface area contributed by atoms with Crippen molar-refractivity contribution in [2.45, 2.75) is 19.4 Å². The molecule has 0 saturated carbocycles. The number of benzene rings is 1. The van der Waals surface area contributed by atoms with Crippen molar-refractivity contribution in [3.63, 3.8) is 0 Å². The molecule has 0 aliphatic rings. The zero-order valence-corrected chi connectivity index (χ0v) is 9.31. The van der Waals surface area contributed by atoms with Crippen LogP contribution in [0.25, 0.3) is 0 Å². The van der Waals surface area contributed by atoms with Gasteiger partial charge >= 0.3 is 5.97 Å². The number of hydrogen-bond acceptors (Lipinski definition) is 5. The van der Waals surface area contributed by atoms with Gasteiger partial charge in [0.1, 0.15) is 6.04 Å². The maximum Gasteiger partial charge on any atom is 0.323 e. The molecule has 0 radical (unpaired) electrons. The fourth-order valence-corrected chi connectivity index (χ4v) is 1.33. The molecule has 6 heteroatoms. The van der Waals surface area contributed by atoms with Gasteiger partial charge in [0.2, 0.25) is 0 Å². The number of phenols is 2. The topological polar surface area (TPSA) is 92.8 Å². The molecule has 4 N–H and O–H groups in total. The van der Waals surface area contributed by atoms with Crippen LogP contribution >= 0.6 is 0 Å². The van der Waals surface area contributed by atoms with Gasteiger partial charge in [-0.15, -0.1) is 0 Å². The zero-order valence-electron chi connectivity index (χ0n) is 9.31. The van der Waals surface area contributed by atoms with Crippen molar-refractivity contribution in [1.82, 2.24) is 0 Å². The molecular weight excluding hydrogens is 229 g/mol. The summed E-state index contributed by atoms with van der Waals surface area (Å²) in [4.78, 5) is 11.2. The monoisotopic (exact) mass is 243 g/mol. The first-order chi connectivity index (χ1) is 7.97. The number of aromatic hydroxyl groups is 2. The fraction of sp³-hybridized carbons (Fsp3) is 0.364. The van der Waals surface area contributed by atoms with Crippen molar-refractivity contribution in [2.75, 3.05) is 6.61 Å². The van der Waals surface area contributed by atoms with Crippen LogP contribution in [0, 0.1) is 5.82 Å². The summed E-state index contributed by atoms with van der Waals surface area (Å²) in [7, 11) is 0. The maximum atomic E-state index is 12.8. The van der Waals surface area contributed by atoms with E-state index >= 15 is 0 Å². The summed E-state index contributed by atoms with van der Waals surface area (Å²) >= 11 is 0. The van der Waals surface area contributed by atoms with Crippen LogP contribution in [0.2, 0.25) is 0 Å². The zero-order chi connectivity index (χ0) is 13.0. The summed E-state index contributed by atoms with van der Waals surface area (Å²) in [6.07, 6.45) is -0.0431. The first-order valence-electron chi connectivity index (χ1n) is 5.08. The molecule has 1 atom stereocenters. The summed E-state index contributed by atoms with van der Waals surface area (Å²) in [5.74, 6) is -3.00. The second-order valence-electron chi connectivity index (χ2n) is 3.47. The van der Waals surface area contributed by atoms with Gasteiger partial charge in [-0.3, -0.25) is 4.79 Å². The molecule has 0 aliphatic carbocycles. The predicted octanol–water partition coefficient (Wildman–Crippen LogP) is 0.670. The highest BCUT2D eigenvalue weighted by atomic mass is 19.1. The van der Waals surface area contributed by atoms with Crippen molar-refractivity contribution < 1.29 is 24.1 Å². The molecule has 0 saturated heterocycles. The fourth-order valence-electron chi connectivity index (χ4n) is 1.33. The molecule has 0 aliphatic heterocycles. The summed E-state index contributed by atoms with van der Waals surface area (Å²) in [6.45, 7) is 1.85. The molecule has 0 bridgehead atoms. The van der Waals surface area contributed by atoms with E-state index in [-0.39, 0.29) is 18.6 Å². The Balaban J connectivity index is 2.82. The van der Waals surface area contributed by atoms with Gasteiger partial charge in [-0.05, 0) is 13.0 Å². The van der Waals surface area contributed by atoms with Gasteiger partial charge in [0.15, 0.2) is 17.3 Å². The lowest BCUT2D eigenvalue weighted by Gasteiger charge is -2.12. The first-order valence-corrected chi connectivity index (χ1v) is 5.08. The van der Waals surface area contributed by atoms with Crippen LogP contribution in [0.5, 0.6) is 11.5 Å². The molecule has 17 heavy (non-hydrogen) atoms. The number of carbonyl (C=O) groups is 1. The van der Waals surface area contributed by atoms with Crippen LogP contribution in [0.4, 0.5) is 4.39 Å².